The summed E-state index contributed by atoms with van der Waals surface area (Å²) in [4.78, 5) is 11.7. The van der Waals surface area contributed by atoms with Crippen LogP contribution in [0.1, 0.15) is 36.1 Å². The molecule has 2 atom stereocenters. The first kappa shape index (κ1) is 24.2. The molecule has 0 saturated carbocycles. The maximum absolute atomic E-state index is 5.84. The van der Waals surface area contributed by atoms with Crippen LogP contribution in [0.15, 0.2) is 53.7 Å². The molecule has 0 bridgehead atoms. The number of guanidine groups is 1. The lowest BCUT2D eigenvalue weighted by atomic mass is 10.0. The fraction of sp³-hybridized carbons (Fsp3) is 0.417. The van der Waals surface area contributed by atoms with Crippen LogP contribution in [0.25, 0.3) is 0 Å². The van der Waals surface area contributed by atoms with Gasteiger partial charge in [-0.05, 0) is 31.5 Å². The third-order valence-corrected chi connectivity index (χ3v) is 6.33. The van der Waals surface area contributed by atoms with Crippen molar-refractivity contribution in [3.05, 3.63) is 65.9 Å². The first-order valence-electron chi connectivity index (χ1n) is 11.5. The topological polar surface area (TPSA) is 92.5 Å². The van der Waals surface area contributed by atoms with Crippen molar-refractivity contribution in [1.82, 2.24) is 30.4 Å². The van der Waals surface area contributed by atoms with Gasteiger partial charge in [0.1, 0.15) is 23.9 Å². The number of benzene rings is 1. The molecule has 34 heavy (non-hydrogen) atoms. The Bertz CT molecular complexity index is 1120. The lowest BCUT2D eigenvalue weighted by molar-refractivity contribution is 0.261. The normalized spacial score (nSPS) is 19.7. The Hall–Kier alpha value is -2.89. The van der Waals surface area contributed by atoms with E-state index in [-0.39, 0.29) is 36.1 Å². The van der Waals surface area contributed by atoms with E-state index in [0.717, 1.165) is 60.7 Å². The smallest absolute Gasteiger partial charge is 0.192 e. The van der Waals surface area contributed by atoms with Crippen LogP contribution in [0.2, 0.25) is 0 Å². The summed E-state index contributed by atoms with van der Waals surface area (Å²) in [6.07, 6.45) is 3.74. The molecule has 0 spiro atoms. The van der Waals surface area contributed by atoms with Gasteiger partial charge in [0.15, 0.2) is 11.8 Å². The van der Waals surface area contributed by atoms with E-state index >= 15 is 0 Å². The Balaban J connectivity index is 0.00000274. The number of ether oxygens (including phenoxy) is 1. The van der Waals surface area contributed by atoms with E-state index in [0.29, 0.717) is 13.2 Å². The van der Waals surface area contributed by atoms with Gasteiger partial charge in [-0.1, -0.05) is 24.3 Å². The number of para-hydroxylation sites is 1. The Morgan fingerprint density at radius 3 is 2.76 bits per heavy atom. The van der Waals surface area contributed by atoms with Crippen molar-refractivity contribution >= 4 is 35.8 Å². The van der Waals surface area contributed by atoms with Crippen LogP contribution in [-0.2, 0) is 13.6 Å². The SMILES string of the molecule is Cc1nnc(CN=C(NC2CCN(c3ccccn3)C2)NC2CCOc3ccccc32)n1C.I. The minimum absolute atomic E-state index is 0. The van der Waals surface area contributed by atoms with Gasteiger partial charge in [-0.2, -0.15) is 0 Å². The predicted octanol–water partition coefficient (Wildman–Crippen LogP) is 2.97. The molecule has 5 rings (SSSR count). The molecule has 1 fully saturated rings. The lowest BCUT2D eigenvalue weighted by Crippen LogP contribution is -2.46. The number of nitrogens with one attached hydrogen (secondary N) is 2. The number of aliphatic imine (C=N–C) groups is 1. The lowest BCUT2D eigenvalue weighted by Gasteiger charge is -2.29. The molecule has 4 heterocycles. The summed E-state index contributed by atoms with van der Waals surface area (Å²) in [5.74, 6) is 4.45. The van der Waals surface area contributed by atoms with Gasteiger partial charge in [-0.25, -0.2) is 9.98 Å². The van der Waals surface area contributed by atoms with E-state index in [1.165, 1.54) is 0 Å². The number of halogens is 1. The Morgan fingerprint density at radius 1 is 1.12 bits per heavy atom. The van der Waals surface area contributed by atoms with Gasteiger partial charge in [-0.15, -0.1) is 34.2 Å². The molecule has 0 aliphatic carbocycles. The average molecular weight is 574 g/mol. The van der Waals surface area contributed by atoms with E-state index in [1.54, 1.807) is 0 Å². The Morgan fingerprint density at radius 2 is 1.97 bits per heavy atom. The predicted molar refractivity (Wildman–Crippen MR) is 143 cm³/mol. The van der Waals surface area contributed by atoms with Gasteiger partial charge in [0.25, 0.3) is 0 Å². The number of pyridine rings is 1. The number of aromatic nitrogens is 4. The number of hydrogen-bond donors (Lipinski definition) is 2. The number of rotatable bonds is 5. The molecular weight excluding hydrogens is 543 g/mol. The molecule has 1 aromatic carbocycles. The minimum atomic E-state index is 0. The zero-order valence-corrected chi connectivity index (χ0v) is 21.8. The molecule has 2 aromatic heterocycles. The average Bonchev–Trinajstić information content (AvgIpc) is 3.45. The minimum Gasteiger partial charge on any atom is -0.493 e. The standard InChI is InChI=1S/C24H30N8O.HI/c1-17-29-30-23(31(17)2)15-26-24(28-20-11-14-33-21-8-4-3-7-19(20)21)27-18-10-13-32(16-18)22-9-5-6-12-25-22;/h3-9,12,18,20H,10-11,13-16H2,1-2H3,(H2,26,27,28);1H. The van der Waals surface area contributed by atoms with E-state index in [1.807, 2.05) is 49.0 Å². The fourth-order valence-corrected chi connectivity index (χ4v) is 4.35. The molecule has 2 unspecified atom stereocenters. The second-order valence-corrected chi connectivity index (χ2v) is 8.52. The van der Waals surface area contributed by atoms with Crippen LogP contribution >= 0.6 is 24.0 Å². The van der Waals surface area contributed by atoms with Gasteiger partial charge in [0, 0.05) is 44.4 Å². The van der Waals surface area contributed by atoms with E-state index in [4.69, 9.17) is 9.73 Å². The highest BCUT2D eigenvalue weighted by molar-refractivity contribution is 14.0. The number of aryl methyl sites for hydroxylation is 1. The maximum Gasteiger partial charge on any atom is 0.192 e. The number of anilines is 1. The van der Waals surface area contributed by atoms with E-state index < -0.39 is 0 Å². The van der Waals surface area contributed by atoms with Crippen molar-refractivity contribution in [3.63, 3.8) is 0 Å². The summed E-state index contributed by atoms with van der Waals surface area (Å²) in [5, 5.41) is 15.7. The third-order valence-electron chi connectivity index (χ3n) is 6.33. The largest absolute Gasteiger partial charge is 0.493 e. The van der Waals surface area contributed by atoms with Crippen LogP contribution in [0.4, 0.5) is 5.82 Å². The van der Waals surface area contributed by atoms with Crippen molar-refractivity contribution in [1.29, 1.82) is 0 Å². The highest BCUT2D eigenvalue weighted by atomic mass is 127. The van der Waals surface area contributed by atoms with Gasteiger partial charge >= 0.3 is 0 Å². The quantitative estimate of drug-likeness (QED) is 0.275. The number of nitrogens with zero attached hydrogens (tertiary/aromatic N) is 6. The molecule has 9 nitrogen and oxygen atoms in total. The van der Waals surface area contributed by atoms with E-state index in [2.05, 4.69) is 48.9 Å². The van der Waals surface area contributed by atoms with Gasteiger partial charge < -0.3 is 24.8 Å². The van der Waals surface area contributed by atoms with Crippen LogP contribution in [-0.4, -0.2) is 51.4 Å². The highest BCUT2D eigenvalue weighted by Gasteiger charge is 2.27. The van der Waals surface area contributed by atoms with Crippen molar-refractivity contribution in [2.45, 2.75) is 38.4 Å². The van der Waals surface area contributed by atoms with Crippen molar-refractivity contribution in [2.24, 2.45) is 12.0 Å². The summed E-state index contributed by atoms with van der Waals surface area (Å²) >= 11 is 0. The number of hydrogen-bond acceptors (Lipinski definition) is 6. The van der Waals surface area contributed by atoms with Crippen LogP contribution in [0.3, 0.4) is 0 Å². The second kappa shape index (κ2) is 11.0. The highest BCUT2D eigenvalue weighted by Crippen LogP contribution is 2.31. The molecule has 2 aliphatic heterocycles. The summed E-state index contributed by atoms with van der Waals surface area (Å²) in [5.41, 5.74) is 1.16. The summed E-state index contributed by atoms with van der Waals surface area (Å²) in [7, 11) is 1.97. The van der Waals surface area contributed by atoms with E-state index in [9.17, 15) is 0 Å². The zero-order chi connectivity index (χ0) is 22.6. The van der Waals surface area contributed by atoms with Crippen molar-refractivity contribution in [3.8, 4) is 5.75 Å². The molecule has 10 heteroatoms. The first-order chi connectivity index (χ1) is 16.2. The fourth-order valence-electron chi connectivity index (χ4n) is 4.35. The molecule has 0 amide bonds. The van der Waals surface area contributed by atoms with Crippen LogP contribution in [0, 0.1) is 6.92 Å². The first-order valence-corrected chi connectivity index (χ1v) is 11.5. The second-order valence-electron chi connectivity index (χ2n) is 8.52. The Kier molecular flexibility index (Phi) is 7.86. The van der Waals surface area contributed by atoms with Crippen molar-refractivity contribution in [2.75, 3.05) is 24.6 Å². The molecule has 0 radical (unpaired) electrons. The van der Waals surface area contributed by atoms with Crippen molar-refractivity contribution < 1.29 is 4.74 Å². The van der Waals surface area contributed by atoms with Gasteiger partial charge in [0.2, 0.25) is 0 Å². The van der Waals surface area contributed by atoms with Crippen LogP contribution in [0.5, 0.6) is 5.75 Å². The molecule has 2 aliphatic rings. The Labute approximate surface area is 217 Å². The molecular formula is C24H31IN8O. The maximum atomic E-state index is 5.84. The van der Waals surface area contributed by atoms with Gasteiger partial charge in [0.05, 0.1) is 12.6 Å². The zero-order valence-electron chi connectivity index (χ0n) is 19.5. The molecule has 3 aromatic rings. The summed E-state index contributed by atoms with van der Waals surface area (Å²) < 4.78 is 7.82. The summed E-state index contributed by atoms with van der Waals surface area (Å²) in [6, 6.07) is 14.7. The third kappa shape index (κ3) is 5.43. The molecule has 2 N–H and O–H groups in total. The summed E-state index contributed by atoms with van der Waals surface area (Å²) in [6.45, 7) is 4.92. The number of fused-ring (bicyclic) bond motifs is 1. The molecule has 180 valence electrons. The van der Waals surface area contributed by atoms with Crippen LogP contribution < -0.4 is 20.3 Å². The van der Waals surface area contributed by atoms with Gasteiger partial charge in [-0.3, -0.25) is 0 Å². The molecule has 1 saturated heterocycles. The monoisotopic (exact) mass is 574 g/mol.